The molecule has 2 aromatic rings. The van der Waals surface area contributed by atoms with Gasteiger partial charge in [0.15, 0.2) is 0 Å². The molecule has 0 aliphatic carbocycles. The average Bonchev–Trinajstić information content (AvgIpc) is 2.82. The van der Waals surface area contributed by atoms with Gasteiger partial charge in [0.05, 0.1) is 48.6 Å². The van der Waals surface area contributed by atoms with E-state index in [9.17, 15) is 32.4 Å². The summed E-state index contributed by atoms with van der Waals surface area (Å²) in [5.74, 6) is -5.83. The summed E-state index contributed by atoms with van der Waals surface area (Å²) in [7, 11) is 1.90. The highest BCUT2D eigenvalue weighted by Gasteiger charge is 2.46. The topological polar surface area (TPSA) is 106 Å². The van der Waals surface area contributed by atoms with E-state index in [1.165, 1.54) is 12.1 Å². The number of halogens is 4. The molecule has 176 valence electrons. The number of carbonyl (C=O) groups excluding carboxylic acids is 2. The van der Waals surface area contributed by atoms with Crippen molar-refractivity contribution in [2.45, 2.75) is 12.1 Å². The molecule has 1 aliphatic rings. The Labute approximate surface area is 191 Å². The van der Waals surface area contributed by atoms with E-state index in [4.69, 9.17) is 15.2 Å². The summed E-state index contributed by atoms with van der Waals surface area (Å²) >= 11 is 0. The maximum absolute atomic E-state index is 14.9. The van der Waals surface area contributed by atoms with E-state index in [1.807, 2.05) is 0 Å². The first-order chi connectivity index (χ1) is 16.1. The smallest absolute Gasteiger partial charge is 0.418 e. The number of nitriles is 1. The lowest BCUT2D eigenvalue weighted by atomic mass is 9.80. The lowest BCUT2D eigenvalue weighted by Crippen LogP contribution is -2.42. The molecule has 3 rings (SSSR count). The number of benzene rings is 2. The predicted octanol–water partition coefficient (Wildman–Crippen LogP) is 3.74. The van der Waals surface area contributed by atoms with Crippen LogP contribution in [0.15, 0.2) is 71.2 Å². The number of para-hydroxylation sites is 1. The second-order valence-corrected chi connectivity index (χ2v) is 6.97. The molecule has 0 saturated carbocycles. The number of anilines is 1. The molecular formula is C23H17F4N3O4. The first-order valence-electron chi connectivity index (χ1n) is 9.59. The first-order valence-corrected chi connectivity index (χ1v) is 9.59. The monoisotopic (exact) mass is 475 g/mol. The van der Waals surface area contributed by atoms with Crippen molar-refractivity contribution in [3.63, 3.8) is 0 Å². The molecule has 1 unspecified atom stereocenters. The quantitative estimate of drug-likeness (QED) is 0.531. The number of nitrogens with zero attached hydrogens (tertiary/aromatic N) is 2. The van der Waals surface area contributed by atoms with Gasteiger partial charge in [0.2, 0.25) is 0 Å². The molecule has 0 radical (unpaired) electrons. The Bertz CT molecular complexity index is 1250. The number of nitrogens with two attached hydrogens (primary N) is 1. The molecule has 34 heavy (non-hydrogen) atoms. The van der Waals surface area contributed by atoms with Crippen molar-refractivity contribution in [3.8, 4) is 6.07 Å². The number of carbonyl (C=O) groups is 2. The van der Waals surface area contributed by atoms with Crippen molar-refractivity contribution in [2.24, 2.45) is 5.73 Å². The Morgan fingerprint density at radius 1 is 1.03 bits per heavy atom. The summed E-state index contributed by atoms with van der Waals surface area (Å²) in [6, 6.07) is 11.8. The SMILES string of the molecule is COC(=O)C1=C(C(=O)OC)N(c2c(F)cccc2C(F)(F)F)C(N)=C(C#N)C1c1ccccc1. The third kappa shape index (κ3) is 4.05. The summed E-state index contributed by atoms with van der Waals surface area (Å²) in [4.78, 5) is 26.1. The molecule has 1 heterocycles. The third-order valence-electron chi connectivity index (χ3n) is 5.13. The normalized spacial score (nSPS) is 16.3. The molecule has 1 atom stereocenters. The van der Waals surface area contributed by atoms with Gasteiger partial charge in [-0.15, -0.1) is 0 Å². The first kappa shape index (κ1) is 24.3. The molecule has 2 N–H and O–H groups in total. The van der Waals surface area contributed by atoms with Crippen molar-refractivity contribution in [3.05, 3.63) is 88.1 Å². The van der Waals surface area contributed by atoms with Gasteiger partial charge in [0.25, 0.3) is 0 Å². The minimum absolute atomic E-state index is 0.313. The van der Waals surface area contributed by atoms with Crippen molar-refractivity contribution < 1.29 is 36.6 Å². The molecule has 0 amide bonds. The maximum atomic E-state index is 14.9. The fourth-order valence-corrected chi connectivity index (χ4v) is 3.72. The van der Waals surface area contributed by atoms with E-state index in [-0.39, 0.29) is 0 Å². The highest BCUT2D eigenvalue weighted by molar-refractivity contribution is 6.06. The number of hydrogen-bond acceptors (Lipinski definition) is 7. The summed E-state index contributed by atoms with van der Waals surface area (Å²) in [6.07, 6.45) is -5.08. The van der Waals surface area contributed by atoms with Gasteiger partial charge in [-0.1, -0.05) is 36.4 Å². The molecule has 2 aromatic carbocycles. The summed E-state index contributed by atoms with van der Waals surface area (Å²) in [6.45, 7) is 0. The van der Waals surface area contributed by atoms with Crippen LogP contribution in [0.2, 0.25) is 0 Å². The van der Waals surface area contributed by atoms with E-state index < -0.39 is 63.8 Å². The molecule has 0 aromatic heterocycles. The molecule has 0 spiro atoms. The number of hydrogen-bond donors (Lipinski definition) is 1. The Hall–Kier alpha value is -4.33. The number of ether oxygens (including phenoxy) is 2. The van der Waals surface area contributed by atoms with Crippen LogP contribution < -0.4 is 10.6 Å². The lowest BCUT2D eigenvalue weighted by Gasteiger charge is -2.36. The van der Waals surface area contributed by atoms with Crippen LogP contribution in [0.4, 0.5) is 23.2 Å². The van der Waals surface area contributed by atoms with E-state index in [0.717, 1.165) is 26.4 Å². The van der Waals surface area contributed by atoms with Crippen LogP contribution in [0.25, 0.3) is 0 Å². The van der Waals surface area contributed by atoms with Crippen LogP contribution in [-0.4, -0.2) is 26.2 Å². The van der Waals surface area contributed by atoms with E-state index in [0.29, 0.717) is 16.5 Å². The molecule has 0 saturated heterocycles. The van der Waals surface area contributed by atoms with Crippen molar-refractivity contribution in [1.82, 2.24) is 0 Å². The Morgan fingerprint density at radius 2 is 1.65 bits per heavy atom. The van der Waals surface area contributed by atoms with Gasteiger partial charge in [-0.25, -0.2) is 14.0 Å². The average molecular weight is 475 g/mol. The van der Waals surface area contributed by atoms with E-state index in [2.05, 4.69) is 0 Å². The van der Waals surface area contributed by atoms with Crippen LogP contribution in [0.5, 0.6) is 0 Å². The van der Waals surface area contributed by atoms with Crippen LogP contribution in [0.1, 0.15) is 17.0 Å². The highest BCUT2D eigenvalue weighted by Crippen LogP contribution is 2.47. The predicted molar refractivity (Wildman–Crippen MR) is 111 cm³/mol. The standard InChI is InChI=1S/C23H17F4N3O4/c1-33-21(31)17-16(12-7-4-3-5-8-12)13(11-28)20(29)30(19(17)22(32)34-2)18-14(23(25,26)27)9-6-10-15(18)24/h3-10,16H,29H2,1-2H3. The minimum Gasteiger partial charge on any atom is -0.466 e. The number of methoxy groups -OCH3 is 2. The molecule has 0 bridgehead atoms. The van der Waals surface area contributed by atoms with Gasteiger partial charge in [-0.05, 0) is 17.7 Å². The largest absolute Gasteiger partial charge is 0.466 e. The number of rotatable bonds is 4. The van der Waals surface area contributed by atoms with Gasteiger partial charge in [-0.3, -0.25) is 4.90 Å². The van der Waals surface area contributed by atoms with Gasteiger partial charge in [0.1, 0.15) is 17.3 Å². The van der Waals surface area contributed by atoms with Gasteiger partial charge < -0.3 is 15.2 Å². The Kier molecular flexibility index (Phi) is 6.63. The lowest BCUT2D eigenvalue weighted by molar-refractivity contribution is -0.140. The minimum atomic E-state index is -5.08. The highest BCUT2D eigenvalue weighted by atomic mass is 19.4. The Morgan fingerprint density at radius 3 is 2.18 bits per heavy atom. The van der Waals surface area contributed by atoms with Crippen molar-refractivity contribution in [2.75, 3.05) is 19.1 Å². The molecule has 11 heteroatoms. The number of esters is 2. The molecule has 7 nitrogen and oxygen atoms in total. The summed E-state index contributed by atoms with van der Waals surface area (Å²) < 4.78 is 65.9. The van der Waals surface area contributed by atoms with Crippen LogP contribution in [0, 0.1) is 17.1 Å². The number of alkyl halides is 3. The fraction of sp³-hybridized carbons (Fsp3) is 0.174. The second-order valence-electron chi connectivity index (χ2n) is 6.97. The summed E-state index contributed by atoms with van der Waals surface area (Å²) in [5.41, 5.74) is 2.03. The van der Waals surface area contributed by atoms with Crippen LogP contribution in [-0.2, 0) is 25.2 Å². The zero-order valence-corrected chi connectivity index (χ0v) is 17.8. The maximum Gasteiger partial charge on any atom is 0.418 e. The zero-order valence-electron chi connectivity index (χ0n) is 17.8. The van der Waals surface area contributed by atoms with Crippen molar-refractivity contribution in [1.29, 1.82) is 5.26 Å². The van der Waals surface area contributed by atoms with Crippen LogP contribution in [0.3, 0.4) is 0 Å². The van der Waals surface area contributed by atoms with Gasteiger partial charge in [0, 0.05) is 0 Å². The molecule has 0 fully saturated rings. The van der Waals surface area contributed by atoms with Crippen LogP contribution >= 0.6 is 0 Å². The van der Waals surface area contributed by atoms with E-state index >= 15 is 0 Å². The summed E-state index contributed by atoms with van der Waals surface area (Å²) in [5, 5.41) is 9.89. The molecular weight excluding hydrogens is 458 g/mol. The second kappa shape index (κ2) is 9.27. The Balaban J connectivity index is 2.52. The van der Waals surface area contributed by atoms with Gasteiger partial charge >= 0.3 is 18.1 Å². The van der Waals surface area contributed by atoms with Crippen molar-refractivity contribution >= 4 is 17.6 Å². The molecule has 1 aliphatic heterocycles. The van der Waals surface area contributed by atoms with E-state index in [1.54, 1.807) is 24.3 Å². The fourth-order valence-electron chi connectivity index (χ4n) is 3.72. The third-order valence-corrected chi connectivity index (χ3v) is 5.13. The zero-order chi connectivity index (χ0) is 25.2. The van der Waals surface area contributed by atoms with Gasteiger partial charge in [-0.2, -0.15) is 18.4 Å². The number of allylic oxidation sites excluding steroid dienone is 1.